The van der Waals surface area contributed by atoms with Crippen LogP contribution in [0.4, 0.5) is 18.9 Å². The Kier molecular flexibility index (Phi) is 4.17. The predicted molar refractivity (Wildman–Crippen MR) is 54.2 cm³/mol. The van der Waals surface area contributed by atoms with E-state index in [1.54, 1.807) is 0 Å². The first-order chi connectivity index (χ1) is 7.83. The molecule has 17 heavy (non-hydrogen) atoms. The molecule has 0 aliphatic heterocycles. The van der Waals surface area contributed by atoms with Crippen molar-refractivity contribution in [1.29, 1.82) is 0 Å². The minimum Gasteiger partial charge on any atom is -0.477 e. The Morgan fingerprint density at radius 2 is 2.06 bits per heavy atom. The quantitative estimate of drug-likeness (QED) is 0.479. The van der Waals surface area contributed by atoms with E-state index in [2.05, 4.69) is 4.74 Å². The van der Waals surface area contributed by atoms with Crippen LogP contribution in [0.3, 0.4) is 0 Å². The number of nitro benzene ring substituents is 1. The van der Waals surface area contributed by atoms with E-state index in [0.717, 1.165) is 12.1 Å². The van der Waals surface area contributed by atoms with E-state index in [-0.39, 0.29) is 5.88 Å². The first kappa shape index (κ1) is 13.6. The molecule has 1 aromatic carbocycles. The van der Waals surface area contributed by atoms with Gasteiger partial charge in [-0.1, -0.05) is 6.07 Å². The summed E-state index contributed by atoms with van der Waals surface area (Å²) in [6, 6.07) is 3.53. The molecule has 0 spiro atoms. The third kappa shape index (κ3) is 4.10. The highest BCUT2D eigenvalue weighted by Gasteiger charge is 2.30. The van der Waals surface area contributed by atoms with Crippen LogP contribution in [-0.2, 0) is 5.88 Å². The van der Waals surface area contributed by atoms with Gasteiger partial charge >= 0.3 is 11.9 Å². The average Bonchev–Trinajstić information content (AvgIpc) is 2.24. The molecule has 0 fully saturated rings. The number of hydrogen-bond acceptors (Lipinski definition) is 3. The van der Waals surface area contributed by atoms with Crippen molar-refractivity contribution in [2.75, 3.05) is 6.61 Å². The maximum Gasteiger partial charge on any atom is 0.422 e. The number of benzene rings is 1. The number of ether oxygens (including phenoxy) is 1. The smallest absolute Gasteiger partial charge is 0.422 e. The van der Waals surface area contributed by atoms with Gasteiger partial charge in [0.25, 0.3) is 0 Å². The number of alkyl halides is 4. The van der Waals surface area contributed by atoms with Gasteiger partial charge in [-0.05, 0) is 11.6 Å². The lowest BCUT2D eigenvalue weighted by atomic mass is 10.2. The number of hydrogen-bond donors (Lipinski definition) is 0. The number of halogens is 4. The van der Waals surface area contributed by atoms with E-state index >= 15 is 0 Å². The van der Waals surface area contributed by atoms with Crippen LogP contribution in [-0.4, -0.2) is 17.7 Å². The molecule has 94 valence electrons. The standard InChI is InChI=1S/C9H7ClF3NO3/c10-4-6-1-2-7(14(15)16)8(3-6)17-5-9(11,12)13/h1-3H,4-5H2. The second-order valence-corrected chi connectivity index (χ2v) is 3.36. The van der Waals surface area contributed by atoms with Crippen molar-refractivity contribution in [1.82, 2.24) is 0 Å². The van der Waals surface area contributed by atoms with Crippen molar-refractivity contribution >= 4 is 17.3 Å². The Morgan fingerprint density at radius 1 is 1.41 bits per heavy atom. The fraction of sp³-hybridized carbons (Fsp3) is 0.333. The molecule has 0 heterocycles. The molecule has 0 bridgehead atoms. The molecule has 0 saturated heterocycles. The van der Waals surface area contributed by atoms with Crippen LogP contribution in [0.2, 0.25) is 0 Å². The molecule has 4 nitrogen and oxygen atoms in total. The third-order valence-electron chi connectivity index (χ3n) is 1.77. The van der Waals surface area contributed by atoms with E-state index in [9.17, 15) is 23.3 Å². The first-order valence-electron chi connectivity index (χ1n) is 4.36. The van der Waals surface area contributed by atoms with Gasteiger partial charge in [-0.2, -0.15) is 13.2 Å². The summed E-state index contributed by atoms with van der Waals surface area (Å²) in [6.45, 7) is -1.58. The summed E-state index contributed by atoms with van der Waals surface area (Å²) in [5.41, 5.74) is -0.0856. The fourth-order valence-corrected chi connectivity index (χ4v) is 1.23. The molecule has 0 N–H and O–H groups in total. The van der Waals surface area contributed by atoms with Gasteiger partial charge in [0.1, 0.15) is 0 Å². The monoisotopic (exact) mass is 269 g/mol. The molecule has 0 unspecified atom stereocenters. The Morgan fingerprint density at radius 3 is 2.53 bits per heavy atom. The zero-order valence-electron chi connectivity index (χ0n) is 8.33. The van der Waals surface area contributed by atoms with Gasteiger partial charge < -0.3 is 4.74 Å². The maximum absolute atomic E-state index is 11.9. The van der Waals surface area contributed by atoms with Crippen LogP contribution < -0.4 is 4.74 Å². The van der Waals surface area contributed by atoms with Crippen LogP contribution in [0.5, 0.6) is 5.75 Å². The van der Waals surface area contributed by atoms with E-state index in [0.29, 0.717) is 5.56 Å². The van der Waals surface area contributed by atoms with Crippen molar-refractivity contribution in [3.05, 3.63) is 33.9 Å². The second-order valence-electron chi connectivity index (χ2n) is 3.10. The minimum absolute atomic E-state index is 0.0281. The van der Waals surface area contributed by atoms with Crippen molar-refractivity contribution < 1.29 is 22.8 Å². The van der Waals surface area contributed by atoms with Crippen molar-refractivity contribution in [3.63, 3.8) is 0 Å². The van der Waals surface area contributed by atoms with Crippen molar-refractivity contribution in [2.45, 2.75) is 12.1 Å². The molecule has 1 rings (SSSR count). The highest BCUT2D eigenvalue weighted by molar-refractivity contribution is 6.17. The van der Waals surface area contributed by atoms with Crippen LogP contribution in [0.1, 0.15) is 5.56 Å². The van der Waals surface area contributed by atoms with Gasteiger partial charge in [-0.3, -0.25) is 10.1 Å². The summed E-state index contributed by atoms with van der Waals surface area (Å²) in [5, 5.41) is 10.6. The van der Waals surface area contributed by atoms with Gasteiger partial charge in [0.15, 0.2) is 12.4 Å². The zero-order chi connectivity index (χ0) is 13.1. The molecule has 0 saturated carbocycles. The van der Waals surface area contributed by atoms with Gasteiger partial charge in [-0.15, -0.1) is 11.6 Å². The summed E-state index contributed by atoms with van der Waals surface area (Å²) in [7, 11) is 0. The van der Waals surface area contributed by atoms with Gasteiger partial charge in [0, 0.05) is 11.9 Å². The third-order valence-corrected chi connectivity index (χ3v) is 2.08. The first-order valence-corrected chi connectivity index (χ1v) is 4.90. The molecule has 0 atom stereocenters. The summed E-state index contributed by atoms with van der Waals surface area (Å²) in [4.78, 5) is 9.74. The molecule has 0 radical (unpaired) electrons. The molecule has 0 aliphatic carbocycles. The van der Waals surface area contributed by atoms with Gasteiger partial charge in [0.2, 0.25) is 0 Å². The number of nitrogens with zero attached hydrogens (tertiary/aromatic N) is 1. The topological polar surface area (TPSA) is 52.4 Å². The number of rotatable bonds is 4. The molecular formula is C9H7ClF3NO3. The van der Waals surface area contributed by atoms with Crippen LogP contribution in [0, 0.1) is 10.1 Å². The Balaban J connectivity index is 2.97. The fourth-order valence-electron chi connectivity index (χ4n) is 1.07. The summed E-state index contributed by atoms with van der Waals surface area (Å²) >= 11 is 5.47. The highest BCUT2D eigenvalue weighted by atomic mass is 35.5. The maximum atomic E-state index is 11.9. The molecule has 1 aromatic rings. The lowest BCUT2D eigenvalue weighted by Crippen LogP contribution is -2.19. The van der Waals surface area contributed by atoms with Crippen LogP contribution >= 0.6 is 11.6 Å². The Hall–Kier alpha value is -1.50. The summed E-state index contributed by atoms with van der Waals surface area (Å²) in [6.07, 6.45) is -4.55. The molecular weight excluding hydrogens is 263 g/mol. The van der Waals surface area contributed by atoms with Crippen molar-refractivity contribution in [2.24, 2.45) is 0 Å². The van der Waals surface area contributed by atoms with E-state index in [4.69, 9.17) is 11.6 Å². The molecule has 8 heteroatoms. The lowest BCUT2D eigenvalue weighted by molar-refractivity contribution is -0.386. The molecule has 0 aliphatic rings. The second kappa shape index (κ2) is 5.22. The van der Waals surface area contributed by atoms with Crippen LogP contribution in [0.15, 0.2) is 18.2 Å². The lowest BCUT2D eigenvalue weighted by Gasteiger charge is -2.10. The van der Waals surface area contributed by atoms with Crippen molar-refractivity contribution in [3.8, 4) is 5.75 Å². The van der Waals surface area contributed by atoms with E-state index < -0.39 is 29.1 Å². The Labute approximate surface area is 99.1 Å². The van der Waals surface area contributed by atoms with Crippen LogP contribution in [0.25, 0.3) is 0 Å². The molecule has 0 aromatic heterocycles. The predicted octanol–water partition coefficient (Wildman–Crippen LogP) is 3.27. The average molecular weight is 270 g/mol. The SMILES string of the molecule is O=[N+]([O-])c1ccc(CCl)cc1OCC(F)(F)F. The zero-order valence-corrected chi connectivity index (χ0v) is 9.09. The van der Waals surface area contributed by atoms with E-state index in [1.165, 1.54) is 6.07 Å². The van der Waals surface area contributed by atoms with E-state index in [1.807, 2.05) is 0 Å². The largest absolute Gasteiger partial charge is 0.477 e. The summed E-state index contributed by atoms with van der Waals surface area (Å²) < 4.78 is 40.2. The normalized spacial score (nSPS) is 11.3. The summed E-state index contributed by atoms with van der Waals surface area (Å²) in [5.74, 6) is -0.411. The van der Waals surface area contributed by atoms with Gasteiger partial charge in [0.05, 0.1) is 4.92 Å². The Bertz CT molecular complexity index is 422. The minimum atomic E-state index is -4.55. The van der Waals surface area contributed by atoms with Gasteiger partial charge in [-0.25, -0.2) is 0 Å². The number of nitro groups is 1. The molecule has 0 amide bonds. The highest BCUT2D eigenvalue weighted by Crippen LogP contribution is 2.30.